The molecule has 1 aliphatic heterocycles. The third kappa shape index (κ3) is 4.97. The van der Waals surface area contributed by atoms with Crippen LogP contribution in [-0.2, 0) is 4.79 Å². The van der Waals surface area contributed by atoms with Crippen molar-refractivity contribution in [2.45, 2.75) is 25.9 Å². The summed E-state index contributed by atoms with van der Waals surface area (Å²) in [6, 6.07) is 4.12. The van der Waals surface area contributed by atoms with Crippen molar-refractivity contribution in [2.75, 3.05) is 19.6 Å². The van der Waals surface area contributed by atoms with Crippen molar-refractivity contribution in [1.29, 1.82) is 0 Å². The first-order chi connectivity index (χ1) is 10.1. The molecule has 1 fully saturated rings. The highest BCUT2D eigenvalue weighted by Crippen LogP contribution is 2.26. The normalized spacial score (nSPS) is 19.3. The summed E-state index contributed by atoms with van der Waals surface area (Å²) in [5, 5.41) is 6.18. The van der Waals surface area contributed by atoms with Crippen molar-refractivity contribution in [3.8, 4) is 5.75 Å². The highest BCUT2D eigenvalue weighted by molar-refractivity contribution is 9.10. The number of hydrogen-bond acceptors (Lipinski definition) is 3. The van der Waals surface area contributed by atoms with Gasteiger partial charge >= 0.3 is 0 Å². The number of hydrogen-bond donors (Lipinski definition) is 2. The van der Waals surface area contributed by atoms with E-state index in [9.17, 15) is 9.18 Å². The van der Waals surface area contributed by atoms with Gasteiger partial charge in [-0.15, -0.1) is 0 Å². The molecule has 2 N–H and O–H groups in total. The van der Waals surface area contributed by atoms with Gasteiger partial charge in [-0.25, -0.2) is 4.39 Å². The van der Waals surface area contributed by atoms with E-state index in [1.807, 2.05) is 0 Å². The van der Waals surface area contributed by atoms with Crippen molar-refractivity contribution in [1.82, 2.24) is 10.6 Å². The van der Waals surface area contributed by atoms with Gasteiger partial charge in [0, 0.05) is 6.54 Å². The summed E-state index contributed by atoms with van der Waals surface area (Å²) >= 11 is 3.22. The van der Waals surface area contributed by atoms with Crippen LogP contribution < -0.4 is 15.4 Å². The fourth-order valence-corrected chi connectivity index (χ4v) is 2.76. The van der Waals surface area contributed by atoms with E-state index >= 15 is 0 Å². The van der Waals surface area contributed by atoms with E-state index < -0.39 is 6.10 Å². The molecule has 0 radical (unpaired) electrons. The number of benzene rings is 1. The molecule has 0 bridgehead atoms. The van der Waals surface area contributed by atoms with Crippen LogP contribution in [0.15, 0.2) is 22.7 Å². The summed E-state index contributed by atoms with van der Waals surface area (Å²) in [7, 11) is 0. The lowest BCUT2D eigenvalue weighted by Crippen LogP contribution is -2.37. The number of nitrogens with one attached hydrogen (secondary N) is 2. The Balaban J connectivity index is 1.76. The fraction of sp³-hybridized carbons (Fsp3) is 0.533. The van der Waals surface area contributed by atoms with E-state index in [0.717, 1.165) is 19.5 Å². The predicted molar refractivity (Wildman–Crippen MR) is 82.8 cm³/mol. The highest BCUT2D eigenvalue weighted by Gasteiger charge is 2.18. The number of carbonyl (C=O) groups excluding carboxylic acids is 1. The predicted octanol–water partition coefficient (Wildman–Crippen LogP) is 2.47. The highest BCUT2D eigenvalue weighted by atomic mass is 79.9. The van der Waals surface area contributed by atoms with Gasteiger partial charge in [-0.05, 0) is 72.9 Å². The van der Waals surface area contributed by atoms with Gasteiger partial charge in [-0.3, -0.25) is 4.79 Å². The van der Waals surface area contributed by atoms with Gasteiger partial charge in [-0.2, -0.15) is 0 Å². The Morgan fingerprint density at radius 1 is 1.62 bits per heavy atom. The van der Waals surface area contributed by atoms with Crippen molar-refractivity contribution >= 4 is 21.8 Å². The van der Waals surface area contributed by atoms with E-state index in [2.05, 4.69) is 26.6 Å². The summed E-state index contributed by atoms with van der Waals surface area (Å²) in [5.41, 5.74) is 0. The first-order valence-electron chi connectivity index (χ1n) is 7.16. The van der Waals surface area contributed by atoms with Crippen LogP contribution in [0.25, 0.3) is 0 Å². The molecule has 0 spiro atoms. The van der Waals surface area contributed by atoms with Gasteiger partial charge in [0.2, 0.25) is 0 Å². The Bertz CT molecular complexity index is 493. The SMILES string of the molecule is CC(Oc1ccc(F)cc1Br)C(=O)NCCC1CCNC1. The molecule has 2 rings (SSSR count). The summed E-state index contributed by atoms with van der Waals surface area (Å²) in [5.74, 6) is 0.598. The topological polar surface area (TPSA) is 50.4 Å². The molecule has 1 amide bonds. The van der Waals surface area contributed by atoms with Gasteiger partial charge in [0.15, 0.2) is 6.10 Å². The van der Waals surface area contributed by atoms with Crippen LogP contribution in [0.3, 0.4) is 0 Å². The minimum Gasteiger partial charge on any atom is -0.480 e. The maximum atomic E-state index is 13.0. The van der Waals surface area contributed by atoms with Gasteiger partial charge in [0.05, 0.1) is 4.47 Å². The van der Waals surface area contributed by atoms with Crippen molar-refractivity contribution < 1.29 is 13.9 Å². The molecule has 6 heteroatoms. The molecule has 2 unspecified atom stereocenters. The van der Waals surface area contributed by atoms with Gasteiger partial charge in [0.25, 0.3) is 5.91 Å². The Kier molecular flexibility index (Phi) is 5.99. The Morgan fingerprint density at radius 2 is 2.43 bits per heavy atom. The molecule has 0 saturated carbocycles. The molecule has 0 aromatic heterocycles. The zero-order chi connectivity index (χ0) is 15.2. The molecule has 0 aliphatic carbocycles. The summed E-state index contributed by atoms with van der Waals surface area (Å²) in [6.07, 6.45) is 1.53. The van der Waals surface area contributed by atoms with Crippen molar-refractivity contribution in [3.05, 3.63) is 28.5 Å². The summed E-state index contributed by atoms with van der Waals surface area (Å²) in [4.78, 5) is 12.0. The van der Waals surface area contributed by atoms with E-state index in [-0.39, 0.29) is 11.7 Å². The molecule has 1 heterocycles. The first-order valence-corrected chi connectivity index (χ1v) is 7.95. The van der Waals surface area contributed by atoms with E-state index in [0.29, 0.717) is 22.7 Å². The van der Waals surface area contributed by atoms with Crippen LogP contribution in [0.5, 0.6) is 5.75 Å². The molecular formula is C15H20BrFN2O2. The van der Waals surface area contributed by atoms with E-state index in [1.54, 1.807) is 6.92 Å². The van der Waals surface area contributed by atoms with Crippen molar-refractivity contribution in [2.24, 2.45) is 5.92 Å². The second-order valence-corrected chi connectivity index (χ2v) is 6.13. The van der Waals surface area contributed by atoms with Crippen LogP contribution in [0, 0.1) is 11.7 Å². The average Bonchev–Trinajstić information content (AvgIpc) is 2.95. The van der Waals surface area contributed by atoms with Crippen LogP contribution >= 0.6 is 15.9 Å². The molecule has 1 aromatic carbocycles. The number of amides is 1. The Hall–Kier alpha value is -1.14. The number of ether oxygens (including phenoxy) is 1. The monoisotopic (exact) mass is 358 g/mol. The summed E-state index contributed by atoms with van der Waals surface area (Å²) in [6.45, 7) is 4.44. The van der Waals surface area contributed by atoms with Gasteiger partial charge < -0.3 is 15.4 Å². The van der Waals surface area contributed by atoms with E-state index in [1.165, 1.54) is 24.6 Å². The molecule has 1 saturated heterocycles. The summed E-state index contributed by atoms with van der Waals surface area (Å²) < 4.78 is 19.0. The number of halogens is 2. The second kappa shape index (κ2) is 7.75. The third-order valence-corrected chi connectivity index (χ3v) is 4.20. The molecule has 116 valence electrons. The van der Waals surface area contributed by atoms with E-state index in [4.69, 9.17) is 4.74 Å². The number of carbonyl (C=O) groups is 1. The molecular weight excluding hydrogens is 339 g/mol. The van der Waals surface area contributed by atoms with Crippen LogP contribution in [0.4, 0.5) is 4.39 Å². The molecule has 2 atom stereocenters. The largest absolute Gasteiger partial charge is 0.480 e. The fourth-order valence-electron chi connectivity index (χ4n) is 2.32. The lowest BCUT2D eigenvalue weighted by molar-refractivity contribution is -0.127. The number of rotatable bonds is 6. The average molecular weight is 359 g/mol. The quantitative estimate of drug-likeness (QED) is 0.821. The molecule has 21 heavy (non-hydrogen) atoms. The van der Waals surface area contributed by atoms with Gasteiger partial charge in [0.1, 0.15) is 11.6 Å². The first kappa shape index (κ1) is 16.2. The van der Waals surface area contributed by atoms with Crippen LogP contribution in [0.2, 0.25) is 0 Å². The minimum atomic E-state index is -0.617. The smallest absolute Gasteiger partial charge is 0.260 e. The van der Waals surface area contributed by atoms with Crippen LogP contribution in [-0.4, -0.2) is 31.6 Å². The van der Waals surface area contributed by atoms with Crippen LogP contribution in [0.1, 0.15) is 19.8 Å². The van der Waals surface area contributed by atoms with Crippen molar-refractivity contribution in [3.63, 3.8) is 0 Å². The Labute approximate surface area is 132 Å². The van der Waals surface area contributed by atoms with Gasteiger partial charge in [-0.1, -0.05) is 0 Å². The molecule has 1 aliphatic rings. The lowest BCUT2D eigenvalue weighted by Gasteiger charge is -2.16. The standard InChI is InChI=1S/C15H20BrFN2O2/c1-10(21-14-3-2-12(17)8-13(14)16)15(20)19-7-5-11-4-6-18-9-11/h2-3,8,10-11,18H,4-7,9H2,1H3,(H,19,20). The third-order valence-electron chi connectivity index (χ3n) is 3.58. The molecule has 4 nitrogen and oxygen atoms in total. The zero-order valence-electron chi connectivity index (χ0n) is 12.0. The Morgan fingerprint density at radius 3 is 3.10 bits per heavy atom. The molecule has 1 aromatic rings. The zero-order valence-corrected chi connectivity index (χ0v) is 13.6. The maximum Gasteiger partial charge on any atom is 0.260 e. The minimum absolute atomic E-state index is 0.155. The lowest BCUT2D eigenvalue weighted by atomic mass is 10.1. The second-order valence-electron chi connectivity index (χ2n) is 5.27. The maximum absolute atomic E-state index is 13.0.